The van der Waals surface area contributed by atoms with Crippen molar-refractivity contribution in [2.45, 2.75) is 39.2 Å². The highest BCUT2D eigenvalue weighted by molar-refractivity contribution is 4.97. The Morgan fingerprint density at radius 3 is 3.06 bits per heavy atom. The van der Waals surface area contributed by atoms with Gasteiger partial charge in [-0.2, -0.15) is 0 Å². The van der Waals surface area contributed by atoms with Gasteiger partial charge in [0.1, 0.15) is 5.76 Å². The molecule has 1 aromatic rings. The fourth-order valence-electron chi connectivity index (χ4n) is 2.74. The van der Waals surface area contributed by atoms with E-state index in [9.17, 15) is 0 Å². The molecule has 0 aromatic carbocycles. The van der Waals surface area contributed by atoms with Crippen LogP contribution in [-0.2, 0) is 6.54 Å². The normalized spacial score (nSPS) is 20.4. The fourth-order valence-corrected chi connectivity index (χ4v) is 2.74. The highest BCUT2D eigenvalue weighted by atomic mass is 16.3. The number of piperidine rings is 1. The van der Waals surface area contributed by atoms with Crippen molar-refractivity contribution >= 4 is 0 Å². The first-order valence-corrected chi connectivity index (χ1v) is 7.34. The van der Waals surface area contributed by atoms with Crippen LogP contribution in [0.25, 0.3) is 0 Å². The van der Waals surface area contributed by atoms with Crippen LogP contribution >= 0.6 is 0 Å². The maximum Gasteiger partial charge on any atom is 0.117 e. The molecule has 1 aromatic heterocycles. The summed E-state index contributed by atoms with van der Waals surface area (Å²) in [6.45, 7) is 7.99. The Balaban J connectivity index is 1.74. The number of hydrogen-bond donors (Lipinski definition) is 1. The van der Waals surface area contributed by atoms with Crippen molar-refractivity contribution in [3.63, 3.8) is 0 Å². The third-order valence-corrected chi connectivity index (χ3v) is 3.75. The van der Waals surface area contributed by atoms with Crippen LogP contribution < -0.4 is 5.32 Å². The molecule has 102 valence electrons. The molecule has 0 saturated carbocycles. The number of furan rings is 1. The van der Waals surface area contributed by atoms with E-state index in [4.69, 9.17) is 4.42 Å². The van der Waals surface area contributed by atoms with Gasteiger partial charge >= 0.3 is 0 Å². The first kappa shape index (κ1) is 13.6. The van der Waals surface area contributed by atoms with Gasteiger partial charge in [-0.15, -0.1) is 0 Å². The van der Waals surface area contributed by atoms with E-state index in [2.05, 4.69) is 23.2 Å². The van der Waals surface area contributed by atoms with Crippen LogP contribution in [0, 0.1) is 5.92 Å². The van der Waals surface area contributed by atoms with Gasteiger partial charge in [0.25, 0.3) is 0 Å². The summed E-state index contributed by atoms with van der Waals surface area (Å²) in [5.74, 6) is 1.96. The van der Waals surface area contributed by atoms with Gasteiger partial charge in [0.15, 0.2) is 0 Å². The lowest BCUT2D eigenvalue weighted by Gasteiger charge is -2.26. The number of rotatable bonds is 7. The van der Waals surface area contributed by atoms with Crippen molar-refractivity contribution < 1.29 is 4.42 Å². The molecule has 1 fully saturated rings. The third kappa shape index (κ3) is 4.46. The molecule has 0 aliphatic carbocycles. The molecule has 2 rings (SSSR count). The second kappa shape index (κ2) is 7.59. The Bertz CT molecular complexity index is 304. The van der Waals surface area contributed by atoms with Gasteiger partial charge in [0.05, 0.1) is 12.8 Å². The van der Waals surface area contributed by atoms with Gasteiger partial charge in [-0.25, -0.2) is 0 Å². The predicted molar refractivity (Wildman–Crippen MR) is 74.5 cm³/mol. The summed E-state index contributed by atoms with van der Waals surface area (Å²) in [6, 6.07) is 4.05. The Kier molecular flexibility index (Phi) is 5.75. The summed E-state index contributed by atoms with van der Waals surface area (Å²) in [5.41, 5.74) is 0. The lowest BCUT2D eigenvalue weighted by Crippen LogP contribution is -2.33. The van der Waals surface area contributed by atoms with E-state index in [-0.39, 0.29) is 0 Å². The van der Waals surface area contributed by atoms with Crippen LogP contribution in [0.3, 0.4) is 0 Å². The molecule has 0 bridgehead atoms. The lowest BCUT2D eigenvalue weighted by molar-refractivity contribution is 0.215. The fraction of sp³-hybridized carbons (Fsp3) is 0.733. The van der Waals surface area contributed by atoms with Crippen molar-refractivity contribution in [1.82, 2.24) is 10.2 Å². The predicted octanol–water partition coefficient (Wildman–Crippen LogP) is 2.88. The van der Waals surface area contributed by atoms with Crippen LogP contribution in [0.4, 0.5) is 0 Å². The molecule has 3 nitrogen and oxygen atoms in total. The van der Waals surface area contributed by atoms with Crippen LogP contribution in [0.5, 0.6) is 0 Å². The zero-order valence-corrected chi connectivity index (χ0v) is 11.5. The zero-order valence-electron chi connectivity index (χ0n) is 11.5. The first-order valence-electron chi connectivity index (χ1n) is 7.34. The van der Waals surface area contributed by atoms with Crippen LogP contribution in [0.1, 0.15) is 38.4 Å². The Morgan fingerprint density at radius 2 is 2.39 bits per heavy atom. The van der Waals surface area contributed by atoms with Crippen LogP contribution in [0.2, 0.25) is 0 Å². The van der Waals surface area contributed by atoms with E-state index in [1.807, 2.05) is 6.07 Å². The molecular formula is C15H26N2O. The van der Waals surface area contributed by atoms with Gasteiger partial charge in [0.2, 0.25) is 0 Å². The van der Waals surface area contributed by atoms with E-state index >= 15 is 0 Å². The average molecular weight is 250 g/mol. The molecule has 1 aliphatic heterocycles. The van der Waals surface area contributed by atoms with Gasteiger partial charge < -0.3 is 9.73 Å². The summed E-state index contributed by atoms with van der Waals surface area (Å²) < 4.78 is 5.45. The van der Waals surface area contributed by atoms with Gasteiger partial charge in [-0.3, -0.25) is 4.90 Å². The van der Waals surface area contributed by atoms with Gasteiger partial charge in [0, 0.05) is 0 Å². The average Bonchev–Trinajstić information content (AvgIpc) is 2.90. The summed E-state index contributed by atoms with van der Waals surface area (Å²) >= 11 is 0. The molecule has 1 atom stereocenters. The highest BCUT2D eigenvalue weighted by Crippen LogP contribution is 2.15. The molecule has 1 saturated heterocycles. The molecule has 3 heteroatoms. The van der Waals surface area contributed by atoms with Gasteiger partial charge in [-0.05, 0) is 69.9 Å². The molecule has 0 amide bonds. The van der Waals surface area contributed by atoms with Crippen LogP contribution in [0.15, 0.2) is 22.8 Å². The standard InChI is InChI=1S/C15H26N2O/c1-2-9-17(13-15-6-4-11-18-15)10-7-14-5-3-8-16-12-14/h4,6,11,14,16H,2-3,5,7-10,12-13H2,1H3. The van der Waals surface area contributed by atoms with E-state index in [0.29, 0.717) is 0 Å². The summed E-state index contributed by atoms with van der Waals surface area (Å²) in [5, 5.41) is 3.50. The second-order valence-electron chi connectivity index (χ2n) is 5.36. The maximum absolute atomic E-state index is 5.45. The Labute approximate surface area is 111 Å². The minimum Gasteiger partial charge on any atom is -0.468 e. The summed E-state index contributed by atoms with van der Waals surface area (Å²) in [6.07, 6.45) is 7.03. The van der Waals surface area contributed by atoms with Crippen molar-refractivity contribution in [1.29, 1.82) is 0 Å². The molecule has 0 radical (unpaired) electrons. The minimum atomic E-state index is 0.870. The molecule has 18 heavy (non-hydrogen) atoms. The van der Waals surface area contributed by atoms with Crippen molar-refractivity contribution in [2.24, 2.45) is 5.92 Å². The SMILES string of the molecule is CCCN(CCC1CCCNC1)Cc1ccco1. The topological polar surface area (TPSA) is 28.4 Å². The van der Waals surface area contributed by atoms with E-state index in [0.717, 1.165) is 18.2 Å². The summed E-state index contributed by atoms with van der Waals surface area (Å²) in [4.78, 5) is 2.52. The Morgan fingerprint density at radius 1 is 1.44 bits per heavy atom. The summed E-state index contributed by atoms with van der Waals surface area (Å²) in [7, 11) is 0. The quantitative estimate of drug-likeness (QED) is 0.806. The van der Waals surface area contributed by atoms with E-state index < -0.39 is 0 Å². The Hall–Kier alpha value is -0.800. The number of nitrogens with one attached hydrogen (secondary N) is 1. The van der Waals surface area contributed by atoms with Gasteiger partial charge in [-0.1, -0.05) is 6.92 Å². The molecule has 1 N–H and O–H groups in total. The zero-order chi connectivity index (χ0) is 12.6. The lowest BCUT2D eigenvalue weighted by atomic mass is 9.96. The van der Waals surface area contributed by atoms with E-state index in [1.54, 1.807) is 6.26 Å². The van der Waals surface area contributed by atoms with Crippen molar-refractivity contribution in [3.8, 4) is 0 Å². The molecule has 2 heterocycles. The number of hydrogen-bond acceptors (Lipinski definition) is 3. The first-order chi connectivity index (χ1) is 8.88. The molecular weight excluding hydrogens is 224 g/mol. The third-order valence-electron chi connectivity index (χ3n) is 3.75. The van der Waals surface area contributed by atoms with E-state index in [1.165, 1.54) is 51.9 Å². The maximum atomic E-state index is 5.45. The van der Waals surface area contributed by atoms with Crippen molar-refractivity contribution in [2.75, 3.05) is 26.2 Å². The van der Waals surface area contributed by atoms with Crippen molar-refractivity contribution in [3.05, 3.63) is 24.2 Å². The minimum absolute atomic E-state index is 0.870. The monoisotopic (exact) mass is 250 g/mol. The second-order valence-corrected chi connectivity index (χ2v) is 5.36. The number of nitrogens with zero attached hydrogens (tertiary/aromatic N) is 1. The highest BCUT2D eigenvalue weighted by Gasteiger charge is 2.15. The molecule has 1 aliphatic rings. The smallest absolute Gasteiger partial charge is 0.117 e. The molecule has 0 spiro atoms. The van der Waals surface area contributed by atoms with Crippen LogP contribution in [-0.4, -0.2) is 31.1 Å². The largest absolute Gasteiger partial charge is 0.468 e. The molecule has 1 unspecified atom stereocenters.